The maximum atomic E-state index is 12.2. The first kappa shape index (κ1) is 14.5. The second-order valence-corrected chi connectivity index (χ2v) is 6.00. The Kier molecular flexibility index (Phi) is 4.99. The molecule has 0 saturated heterocycles. The van der Waals surface area contributed by atoms with Crippen molar-refractivity contribution in [2.24, 2.45) is 11.8 Å². The summed E-state index contributed by atoms with van der Waals surface area (Å²) in [6, 6.07) is 0.351. The van der Waals surface area contributed by atoms with E-state index in [0.717, 1.165) is 18.9 Å². The average molecular weight is 240 g/mol. The molecule has 1 aliphatic rings. The zero-order chi connectivity index (χ0) is 13.1. The zero-order valence-electron chi connectivity index (χ0n) is 12.0. The summed E-state index contributed by atoms with van der Waals surface area (Å²) in [4.78, 5) is 12.2. The number of rotatable bonds is 4. The van der Waals surface area contributed by atoms with E-state index in [-0.39, 0.29) is 5.91 Å². The van der Waals surface area contributed by atoms with E-state index in [1.54, 1.807) is 0 Å². The molecule has 0 spiro atoms. The van der Waals surface area contributed by atoms with Crippen molar-refractivity contribution in [3.05, 3.63) is 0 Å². The topological polar surface area (TPSA) is 41.1 Å². The molecule has 1 amide bonds. The summed E-state index contributed by atoms with van der Waals surface area (Å²) in [7, 11) is 0. The van der Waals surface area contributed by atoms with Gasteiger partial charge in [-0.3, -0.25) is 4.79 Å². The van der Waals surface area contributed by atoms with Crippen molar-refractivity contribution < 1.29 is 4.79 Å². The summed E-state index contributed by atoms with van der Waals surface area (Å²) >= 11 is 0. The van der Waals surface area contributed by atoms with E-state index in [1.807, 2.05) is 20.8 Å². The zero-order valence-corrected chi connectivity index (χ0v) is 12.0. The third kappa shape index (κ3) is 3.70. The minimum absolute atomic E-state index is 0.130. The predicted octanol–water partition coefficient (Wildman–Crippen LogP) is 2.32. The first-order valence-corrected chi connectivity index (χ1v) is 6.94. The molecule has 1 fully saturated rings. The van der Waals surface area contributed by atoms with Gasteiger partial charge >= 0.3 is 0 Å². The molecule has 2 N–H and O–H groups in total. The van der Waals surface area contributed by atoms with Crippen molar-refractivity contribution in [3.8, 4) is 0 Å². The lowest BCUT2D eigenvalue weighted by Gasteiger charge is -2.36. The molecule has 100 valence electrons. The highest BCUT2D eigenvalue weighted by Crippen LogP contribution is 2.29. The number of hydrogen-bond acceptors (Lipinski definition) is 2. The molecule has 0 aromatic heterocycles. The van der Waals surface area contributed by atoms with Crippen LogP contribution in [0.2, 0.25) is 0 Å². The second-order valence-electron chi connectivity index (χ2n) is 6.00. The summed E-state index contributed by atoms with van der Waals surface area (Å²) in [5.74, 6) is 1.44. The van der Waals surface area contributed by atoms with Crippen LogP contribution in [0.3, 0.4) is 0 Å². The van der Waals surface area contributed by atoms with E-state index in [4.69, 9.17) is 0 Å². The van der Waals surface area contributed by atoms with Gasteiger partial charge in [0, 0.05) is 6.04 Å². The van der Waals surface area contributed by atoms with Gasteiger partial charge in [0.2, 0.25) is 5.91 Å². The lowest BCUT2D eigenvalue weighted by atomic mass is 9.78. The Hall–Kier alpha value is -0.570. The quantitative estimate of drug-likeness (QED) is 0.792. The van der Waals surface area contributed by atoms with Gasteiger partial charge in [0.15, 0.2) is 0 Å². The normalized spacial score (nSPS) is 30.1. The smallest absolute Gasteiger partial charge is 0.239 e. The van der Waals surface area contributed by atoms with Crippen LogP contribution >= 0.6 is 0 Å². The Bertz CT molecular complexity index is 263. The molecule has 1 saturated carbocycles. The molecule has 3 heteroatoms. The van der Waals surface area contributed by atoms with Crippen LogP contribution in [0.5, 0.6) is 0 Å². The molecule has 17 heavy (non-hydrogen) atoms. The largest absolute Gasteiger partial charge is 0.352 e. The molecule has 0 aromatic rings. The standard InChI is InChI=1S/C14H28N2O/c1-6-15-14(4,5)13(17)16-12-9-7-8-10(2)11(12)3/h10-12,15H,6-9H2,1-5H3,(H,16,17). The van der Waals surface area contributed by atoms with Crippen LogP contribution in [0.1, 0.15) is 53.9 Å². The van der Waals surface area contributed by atoms with Crippen LogP contribution in [0.4, 0.5) is 0 Å². The number of hydrogen-bond donors (Lipinski definition) is 2. The third-order valence-corrected chi connectivity index (χ3v) is 4.21. The fourth-order valence-corrected chi connectivity index (χ4v) is 2.66. The number of carbonyl (C=O) groups excluding carboxylic acids is 1. The van der Waals surface area contributed by atoms with Gasteiger partial charge in [-0.15, -0.1) is 0 Å². The first-order chi connectivity index (χ1) is 7.88. The van der Waals surface area contributed by atoms with Crippen molar-refractivity contribution in [2.45, 2.75) is 65.5 Å². The Morgan fingerprint density at radius 2 is 1.94 bits per heavy atom. The van der Waals surface area contributed by atoms with Crippen molar-refractivity contribution in [1.29, 1.82) is 0 Å². The SMILES string of the molecule is CCNC(C)(C)C(=O)NC1CCCC(C)C1C. The van der Waals surface area contributed by atoms with E-state index in [9.17, 15) is 4.79 Å². The monoisotopic (exact) mass is 240 g/mol. The van der Waals surface area contributed by atoms with E-state index < -0.39 is 5.54 Å². The van der Waals surface area contributed by atoms with Crippen LogP contribution in [0.15, 0.2) is 0 Å². The maximum Gasteiger partial charge on any atom is 0.239 e. The highest BCUT2D eigenvalue weighted by Gasteiger charge is 2.32. The molecular formula is C14H28N2O. The molecule has 0 heterocycles. The Morgan fingerprint density at radius 1 is 1.29 bits per heavy atom. The van der Waals surface area contributed by atoms with Gasteiger partial charge in [-0.1, -0.05) is 33.6 Å². The van der Waals surface area contributed by atoms with Gasteiger partial charge in [0.25, 0.3) is 0 Å². The van der Waals surface area contributed by atoms with E-state index in [0.29, 0.717) is 12.0 Å². The van der Waals surface area contributed by atoms with Gasteiger partial charge in [0.1, 0.15) is 0 Å². The molecule has 1 rings (SSSR count). The molecule has 3 atom stereocenters. The molecule has 0 bridgehead atoms. The number of carbonyl (C=O) groups is 1. The number of likely N-dealkylation sites (N-methyl/N-ethyl adjacent to an activating group) is 1. The van der Waals surface area contributed by atoms with E-state index in [2.05, 4.69) is 24.5 Å². The van der Waals surface area contributed by atoms with Gasteiger partial charge < -0.3 is 10.6 Å². The fraction of sp³-hybridized carbons (Fsp3) is 0.929. The van der Waals surface area contributed by atoms with Crippen LogP contribution < -0.4 is 10.6 Å². The Balaban J connectivity index is 2.55. The third-order valence-electron chi connectivity index (χ3n) is 4.21. The van der Waals surface area contributed by atoms with Gasteiger partial charge in [-0.05, 0) is 38.6 Å². The van der Waals surface area contributed by atoms with Gasteiger partial charge in [0.05, 0.1) is 5.54 Å². The molecule has 0 aromatic carbocycles. The lowest BCUT2D eigenvalue weighted by Crippen LogP contribution is -2.56. The molecule has 1 aliphatic carbocycles. The molecule has 3 unspecified atom stereocenters. The summed E-state index contributed by atoms with van der Waals surface area (Å²) in [5, 5.41) is 6.45. The Morgan fingerprint density at radius 3 is 2.53 bits per heavy atom. The van der Waals surface area contributed by atoms with Gasteiger partial charge in [-0.25, -0.2) is 0 Å². The van der Waals surface area contributed by atoms with Crippen LogP contribution in [-0.4, -0.2) is 24.0 Å². The molecule has 0 radical (unpaired) electrons. The minimum atomic E-state index is -0.463. The van der Waals surface area contributed by atoms with Crippen LogP contribution in [0.25, 0.3) is 0 Å². The maximum absolute atomic E-state index is 12.2. The van der Waals surface area contributed by atoms with Crippen molar-refractivity contribution >= 4 is 5.91 Å². The average Bonchev–Trinajstić information content (AvgIpc) is 2.24. The van der Waals surface area contributed by atoms with Gasteiger partial charge in [-0.2, -0.15) is 0 Å². The van der Waals surface area contributed by atoms with Crippen LogP contribution in [-0.2, 0) is 4.79 Å². The second kappa shape index (κ2) is 5.85. The van der Waals surface area contributed by atoms with Crippen LogP contribution in [0, 0.1) is 11.8 Å². The van der Waals surface area contributed by atoms with Crippen molar-refractivity contribution in [1.82, 2.24) is 10.6 Å². The summed E-state index contributed by atoms with van der Waals surface area (Å²) in [5.41, 5.74) is -0.463. The summed E-state index contributed by atoms with van der Waals surface area (Å²) in [6.45, 7) is 11.3. The number of amides is 1. The predicted molar refractivity (Wildman–Crippen MR) is 71.9 cm³/mol. The fourth-order valence-electron chi connectivity index (χ4n) is 2.66. The highest BCUT2D eigenvalue weighted by atomic mass is 16.2. The summed E-state index contributed by atoms with van der Waals surface area (Å²) in [6.07, 6.45) is 3.65. The molecule has 3 nitrogen and oxygen atoms in total. The van der Waals surface area contributed by atoms with Crippen molar-refractivity contribution in [2.75, 3.05) is 6.54 Å². The van der Waals surface area contributed by atoms with E-state index >= 15 is 0 Å². The lowest BCUT2D eigenvalue weighted by molar-refractivity contribution is -0.127. The Labute approximate surface area is 106 Å². The van der Waals surface area contributed by atoms with E-state index in [1.165, 1.54) is 12.8 Å². The number of nitrogens with one attached hydrogen (secondary N) is 2. The minimum Gasteiger partial charge on any atom is -0.352 e. The van der Waals surface area contributed by atoms with Crippen molar-refractivity contribution in [3.63, 3.8) is 0 Å². The first-order valence-electron chi connectivity index (χ1n) is 6.94. The summed E-state index contributed by atoms with van der Waals surface area (Å²) < 4.78 is 0. The molecular weight excluding hydrogens is 212 g/mol. The molecule has 0 aliphatic heterocycles. The highest BCUT2D eigenvalue weighted by molar-refractivity contribution is 5.85.